The van der Waals surface area contributed by atoms with Crippen LogP contribution in [0, 0.1) is 29.2 Å². The van der Waals surface area contributed by atoms with Gasteiger partial charge in [0.05, 0.1) is 5.56 Å². The van der Waals surface area contributed by atoms with Crippen molar-refractivity contribution < 1.29 is 27.1 Å². The van der Waals surface area contributed by atoms with Crippen molar-refractivity contribution in [2.24, 2.45) is 5.92 Å². The van der Waals surface area contributed by atoms with Crippen LogP contribution in [0.25, 0.3) is 0 Å². The van der Waals surface area contributed by atoms with Gasteiger partial charge in [-0.3, -0.25) is 0 Å². The molecule has 1 aliphatic carbocycles. The summed E-state index contributed by atoms with van der Waals surface area (Å²) in [4.78, 5) is 12.1. The van der Waals surface area contributed by atoms with E-state index in [0.29, 0.717) is 12.1 Å². The third-order valence-corrected chi connectivity index (χ3v) is 5.40. The van der Waals surface area contributed by atoms with Gasteiger partial charge in [-0.15, -0.1) is 0 Å². The standard InChI is InChI=1S/C22H22F4O2/c1-2-3-13-4-6-14(7-5-13)15-8-9-17(18(23)10-15)22(27)28-16-11-19(24)21(26)20(25)12-16/h8-14H,2-7H2,1H3. The van der Waals surface area contributed by atoms with Gasteiger partial charge in [0.2, 0.25) is 0 Å². The molecule has 1 aliphatic rings. The number of rotatable bonds is 5. The maximum absolute atomic E-state index is 14.5. The zero-order valence-corrected chi connectivity index (χ0v) is 15.6. The van der Waals surface area contributed by atoms with Gasteiger partial charge in [-0.1, -0.05) is 25.8 Å². The first-order valence-electron chi connectivity index (χ1n) is 9.55. The van der Waals surface area contributed by atoms with Crippen LogP contribution < -0.4 is 4.74 Å². The summed E-state index contributed by atoms with van der Waals surface area (Å²) in [6.07, 6.45) is 6.60. The molecule has 1 saturated carbocycles. The molecule has 0 amide bonds. The number of carbonyl (C=O) groups excluding carboxylic acids is 1. The summed E-state index contributed by atoms with van der Waals surface area (Å²) in [6.45, 7) is 2.17. The molecule has 2 aromatic rings. The van der Waals surface area contributed by atoms with Gasteiger partial charge in [0.15, 0.2) is 17.5 Å². The number of hydrogen-bond acceptors (Lipinski definition) is 2. The highest BCUT2D eigenvalue weighted by atomic mass is 19.2. The predicted octanol–water partition coefficient (Wildman–Crippen LogP) is 6.54. The summed E-state index contributed by atoms with van der Waals surface area (Å²) < 4.78 is 58.7. The van der Waals surface area contributed by atoms with Crippen molar-refractivity contribution in [2.75, 3.05) is 0 Å². The Morgan fingerprint density at radius 2 is 1.61 bits per heavy atom. The van der Waals surface area contributed by atoms with Crippen molar-refractivity contribution in [3.05, 3.63) is 64.7 Å². The molecule has 0 aromatic heterocycles. The molecule has 2 nitrogen and oxygen atoms in total. The zero-order valence-electron chi connectivity index (χ0n) is 15.6. The van der Waals surface area contributed by atoms with Crippen LogP contribution in [0.5, 0.6) is 5.75 Å². The molecule has 0 bridgehead atoms. The van der Waals surface area contributed by atoms with Gasteiger partial charge >= 0.3 is 5.97 Å². The molecule has 0 radical (unpaired) electrons. The summed E-state index contributed by atoms with van der Waals surface area (Å²) in [6, 6.07) is 5.42. The molecule has 150 valence electrons. The minimum Gasteiger partial charge on any atom is -0.423 e. The van der Waals surface area contributed by atoms with E-state index in [0.717, 1.165) is 37.2 Å². The fourth-order valence-corrected chi connectivity index (χ4v) is 3.90. The highest BCUT2D eigenvalue weighted by Gasteiger charge is 2.24. The van der Waals surface area contributed by atoms with Crippen molar-refractivity contribution in [3.63, 3.8) is 0 Å². The lowest BCUT2D eigenvalue weighted by Gasteiger charge is -2.28. The molecule has 1 fully saturated rings. The number of ether oxygens (including phenoxy) is 1. The lowest BCUT2D eigenvalue weighted by atomic mass is 9.77. The van der Waals surface area contributed by atoms with Crippen LogP contribution in [0.3, 0.4) is 0 Å². The van der Waals surface area contributed by atoms with Crippen molar-refractivity contribution in [1.29, 1.82) is 0 Å². The number of esters is 1. The maximum atomic E-state index is 14.5. The van der Waals surface area contributed by atoms with Crippen molar-refractivity contribution in [3.8, 4) is 5.75 Å². The van der Waals surface area contributed by atoms with Gasteiger partial charge in [-0.25, -0.2) is 22.4 Å². The SMILES string of the molecule is CCCC1CCC(c2ccc(C(=O)Oc3cc(F)c(F)c(F)c3)c(F)c2)CC1. The van der Waals surface area contributed by atoms with E-state index in [1.165, 1.54) is 25.0 Å². The van der Waals surface area contributed by atoms with Crippen LogP contribution in [-0.2, 0) is 0 Å². The number of benzene rings is 2. The van der Waals surface area contributed by atoms with Crippen LogP contribution in [0.15, 0.2) is 30.3 Å². The van der Waals surface area contributed by atoms with Gasteiger partial charge in [0.1, 0.15) is 11.6 Å². The summed E-state index contributed by atoms with van der Waals surface area (Å²) in [5, 5.41) is 0. The Kier molecular flexibility index (Phi) is 6.37. The topological polar surface area (TPSA) is 26.3 Å². The Morgan fingerprint density at radius 1 is 0.964 bits per heavy atom. The first-order chi connectivity index (χ1) is 13.4. The Morgan fingerprint density at radius 3 is 2.18 bits per heavy atom. The molecule has 0 unspecified atom stereocenters. The van der Waals surface area contributed by atoms with E-state index in [1.807, 2.05) is 0 Å². The van der Waals surface area contributed by atoms with Crippen molar-refractivity contribution in [2.45, 2.75) is 51.4 Å². The van der Waals surface area contributed by atoms with Gasteiger partial charge < -0.3 is 4.74 Å². The Balaban J connectivity index is 1.69. The first kappa shape index (κ1) is 20.4. The molecule has 6 heteroatoms. The Hall–Kier alpha value is -2.37. The first-order valence-corrected chi connectivity index (χ1v) is 9.55. The molecule has 0 saturated heterocycles. The zero-order chi connectivity index (χ0) is 20.3. The summed E-state index contributed by atoms with van der Waals surface area (Å²) in [5.41, 5.74) is 0.497. The highest BCUT2D eigenvalue weighted by Crippen LogP contribution is 2.38. The van der Waals surface area contributed by atoms with Crippen molar-refractivity contribution in [1.82, 2.24) is 0 Å². The van der Waals surface area contributed by atoms with E-state index in [1.54, 1.807) is 6.07 Å². The molecule has 28 heavy (non-hydrogen) atoms. The molecule has 0 heterocycles. The largest absolute Gasteiger partial charge is 0.423 e. The maximum Gasteiger partial charge on any atom is 0.346 e. The molecule has 0 aliphatic heterocycles. The highest BCUT2D eigenvalue weighted by molar-refractivity contribution is 5.91. The van der Waals surface area contributed by atoms with E-state index in [9.17, 15) is 22.4 Å². The van der Waals surface area contributed by atoms with Gasteiger partial charge in [-0.05, 0) is 55.2 Å². The van der Waals surface area contributed by atoms with E-state index in [4.69, 9.17) is 4.74 Å². The lowest BCUT2D eigenvalue weighted by Crippen LogP contribution is -2.15. The quantitative estimate of drug-likeness (QED) is 0.249. The minimum atomic E-state index is -1.66. The minimum absolute atomic E-state index is 0.257. The molecular formula is C22H22F4O2. The molecular weight excluding hydrogens is 372 g/mol. The van der Waals surface area contributed by atoms with E-state index in [-0.39, 0.29) is 11.5 Å². The van der Waals surface area contributed by atoms with E-state index in [2.05, 4.69) is 6.92 Å². The molecule has 2 aromatic carbocycles. The second-order valence-electron chi connectivity index (χ2n) is 7.34. The fraction of sp³-hybridized carbons (Fsp3) is 0.409. The smallest absolute Gasteiger partial charge is 0.346 e. The molecule has 0 atom stereocenters. The van der Waals surface area contributed by atoms with Gasteiger partial charge in [0.25, 0.3) is 0 Å². The van der Waals surface area contributed by atoms with Crippen LogP contribution in [0.1, 0.15) is 67.3 Å². The monoisotopic (exact) mass is 394 g/mol. The second-order valence-corrected chi connectivity index (χ2v) is 7.34. The Bertz CT molecular complexity index is 835. The predicted molar refractivity (Wildman–Crippen MR) is 97.3 cm³/mol. The van der Waals surface area contributed by atoms with Gasteiger partial charge in [-0.2, -0.15) is 0 Å². The molecule has 0 N–H and O–H groups in total. The van der Waals surface area contributed by atoms with Crippen LogP contribution in [0.2, 0.25) is 0 Å². The van der Waals surface area contributed by atoms with E-state index >= 15 is 0 Å². The number of halogens is 4. The third-order valence-electron chi connectivity index (χ3n) is 5.40. The number of carbonyl (C=O) groups is 1. The Labute approximate surface area is 161 Å². The summed E-state index contributed by atoms with van der Waals surface area (Å²) in [7, 11) is 0. The van der Waals surface area contributed by atoms with Gasteiger partial charge in [0, 0.05) is 12.1 Å². The van der Waals surface area contributed by atoms with Crippen LogP contribution >= 0.6 is 0 Å². The average molecular weight is 394 g/mol. The summed E-state index contributed by atoms with van der Waals surface area (Å²) >= 11 is 0. The normalized spacial score (nSPS) is 19.5. The molecule has 3 rings (SSSR count). The second kappa shape index (κ2) is 8.76. The van der Waals surface area contributed by atoms with Crippen LogP contribution in [0.4, 0.5) is 17.6 Å². The van der Waals surface area contributed by atoms with E-state index < -0.39 is 35.0 Å². The van der Waals surface area contributed by atoms with Crippen molar-refractivity contribution >= 4 is 5.97 Å². The lowest BCUT2D eigenvalue weighted by molar-refractivity contribution is 0.0728. The summed E-state index contributed by atoms with van der Waals surface area (Å²) in [5.74, 6) is -6.02. The van der Waals surface area contributed by atoms with Crippen LogP contribution in [-0.4, -0.2) is 5.97 Å². The number of hydrogen-bond donors (Lipinski definition) is 0. The molecule has 0 spiro atoms. The average Bonchev–Trinajstić information content (AvgIpc) is 2.66. The third kappa shape index (κ3) is 4.54. The fourth-order valence-electron chi connectivity index (χ4n) is 3.90.